The second-order valence-electron chi connectivity index (χ2n) is 5.10. The van der Waals surface area contributed by atoms with Gasteiger partial charge in [-0.05, 0) is 24.6 Å². The van der Waals surface area contributed by atoms with Crippen molar-refractivity contribution in [3.05, 3.63) is 35.1 Å². The number of hydrogen-bond acceptors (Lipinski definition) is 2. The minimum atomic E-state index is -4.83. The standard InChI is InChI=1S/C16H20F4O2/c1-2-3-4-5-6-7-10-22-15(21)12-8-9-14(17)13(11-12)16(18,19)20/h8-9,11H,2-7,10H2,1H3. The van der Waals surface area contributed by atoms with E-state index in [1.165, 1.54) is 0 Å². The second-order valence-corrected chi connectivity index (χ2v) is 5.10. The first-order valence-corrected chi connectivity index (χ1v) is 7.40. The minimum absolute atomic E-state index is 0.156. The average molecular weight is 320 g/mol. The number of carbonyl (C=O) groups is 1. The summed E-state index contributed by atoms with van der Waals surface area (Å²) in [5.41, 5.74) is -1.75. The summed E-state index contributed by atoms with van der Waals surface area (Å²) in [7, 11) is 0. The molecule has 0 spiro atoms. The van der Waals surface area contributed by atoms with E-state index in [1.54, 1.807) is 0 Å². The highest BCUT2D eigenvalue weighted by atomic mass is 19.4. The normalized spacial score (nSPS) is 11.5. The molecule has 0 saturated heterocycles. The Balaban J connectivity index is 2.46. The second kappa shape index (κ2) is 8.76. The summed E-state index contributed by atoms with van der Waals surface area (Å²) >= 11 is 0. The largest absolute Gasteiger partial charge is 0.462 e. The van der Waals surface area contributed by atoms with Crippen LogP contribution in [0.4, 0.5) is 17.6 Å². The topological polar surface area (TPSA) is 26.3 Å². The number of carbonyl (C=O) groups excluding carboxylic acids is 1. The molecule has 0 aliphatic heterocycles. The van der Waals surface area contributed by atoms with Crippen molar-refractivity contribution in [2.45, 2.75) is 51.6 Å². The molecule has 124 valence electrons. The fourth-order valence-electron chi connectivity index (χ4n) is 2.00. The van der Waals surface area contributed by atoms with Crippen molar-refractivity contribution >= 4 is 5.97 Å². The molecule has 0 aliphatic carbocycles. The third-order valence-electron chi connectivity index (χ3n) is 3.24. The summed E-state index contributed by atoms with van der Waals surface area (Å²) in [4.78, 5) is 11.7. The maximum atomic E-state index is 13.1. The first-order chi connectivity index (χ1) is 10.4. The van der Waals surface area contributed by atoms with Crippen LogP contribution >= 0.6 is 0 Å². The molecule has 2 nitrogen and oxygen atoms in total. The van der Waals surface area contributed by atoms with Gasteiger partial charge in [0.05, 0.1) is 17.7 Å². The molecule has 0 heterocycles. The van der Waals surface area contributed by atoms with Gasteiger partial charge in [-0.3, -0.25) is 0 Å². The van der Waals surface area contributed by atoms with Crippen LogP contribution in [0.2, 0.25) is 0 Å². The van der Waals surface area contributed by atoms with Crippen LogP contribution in [-0.4, -0.2) is 12.6 Å². The van der Waals surface area contributed by atoms with E-state index in [9.17, 15) is 22.4 Å². The number of esters is 1. The van der Waals surface area contributed by atoms with Crippen molar-refractivity contribution in [1.29, 1.82) is 0 Å². The van der Waals surface area contributed by atoms with Crippen LogP contribution in [0, 0.1) is 5.82 Å². The first-order valence-electron chi connectivity index (χ1n) is 7.40. The van der Waals surface area contributed by atoms with Gasteiger partial charge in [-0.15, -0.1) is 0 Å². The highest BCUT2D eigenvalue weighted by Crippen LogP contribution is 2.32. The van der Waals surface area contributed by atoms with Crippen LogP contribution in [0.5, 0.6) is 0 Å². The Morgan fingerprint density at radius 3 is 2.36 bits per heavy atom. The molecular formula is C16H20F4O2. The van der Waals surface area contributed by atoms with Gasteiger partial charge in [0.2, 0.25) is 0 Å². The van der Waals surface area contributed by atoms with Gasteiger partial charge in [0.25, 0.3) is 0 Å². The fourth-order valence-corrected chi connectivity index (χ4v) is 2.00. The van der Waals surface area contributed by atoms with Crippen LogP contribution < -0.4 is 0 Å². The molecule has 0 N–H and O–H groups in total. The van der Waals surface area contributed by atoms with Crippen molar-refractivity contribution in [2.75, 3.05) is 6.61 Å². The van der Waals surface area contributed by atoms with E-state index in [0.717, 1.165) is 38.2 Å². The van der Waals surface area contributed by atoms with E-state index in [1.807, 2.05) is 0 Å². The molecule has 1 rings (SSSR count). The lowest BCUT2D eigenvalue weighted by Gasteiger charge is -2.10. The molecule has 1 aromatic rings. The highest BCUT2D eigenvalue weighted by Gasteiger charge is 2.34. The summed E-state index contributed by atoms with van der Waals surface area (Å²) in [5.74, 6) is -2.26. The lowest BCUT2D eigenvalue weighted by atomic mass is 10.1. The zero-order valence-electron chi connectivity index (χ0n) is 12.5. The van der Waals surface area contributed by atoms with Crippen molar-refractivity contribution in [1.82, 2.24) is 0 Å². The van der Waals surface area contributed by atoms with E-state index in [-0.39, 0.29) is 12.2 Å². The van der Waals surface area contributed by atoms with Crippen LogP contribution in [0.25, 0.3) is 0 Å². The molecule has 0 aromatic heterocycles. The maximum Gasteiger partial charge on any atom is 0.419 e. The number of unbranched alkanes of at least 4 members (excludes halogenated alkanes) is 5. The maximum absolute atomic E-state index is 13.1. The number of benzene rings is 1. The van der Waals surface area contributed by atoms with Gasteiger partial charge >= 0.3 is 12.1 Å². The van der Waals surface area contributed by atoms with Gasteiger partial charge in [0.15, 0.2) is 0 Å². The molecular weight excluding hydrogens is 300 g/mol. The quantitative estimate of drug-likeness (QED) is 0.366. The predicted octanol–water partition coefficient (Wildman–Crippen LogP) is 5.36. The third kappa shape index (κ3) is 6.03. The zero-order chi connectivity index (χ0) is 16.6. The summed E-state index contributed by atoms with van der Waals surface area (Å²) < 4.78 is 55.7. The van der Waals surface area contributed by atoms with Gasteiger partial charge in [-0.25, -0.2) is 9.18 Å². The van der Waals surface area contributed by atoms with Crippen LogP contribution in [-0.2, 0) is 10.9 Å². The lowest BCUT2D eigenvalue weighted by Crippen LogP contribution is -2.12. The first kappa shape index (κ1) is 18.5. The van der Waals surface area contributed by atoms with Gasteiger partial charge in [-0.1, -0.05) is 39.0 Å². The Morgan fingerprint density at radius 1 is 1.09 bits per heavy atom. The number of halogens is 4. The molecule has 6 heteroatoms. The van der Waals surface area contributed by atoms with Gasteiger partial charge < -0.3 is 4.74 Å². The molecule has 1 aromatic carbocycles. The van der Waals surface area contributed by atoms with Gasteiger partial charge in [0.1, 0.15) is 5.82 Å². The molecule has 0 saturated carbocycles. The number of alkyl halides is 3. The summed E-state index contributed by atoms with van der Waals surface area (Å²) in [5, 5.41) is 0. The SMILES string of the molecule is CCCCCCCCOC(=O)c1ccc(F)c(C(F)(F)F)c1. The molecule has 0 amide bonds. The smallest absolute Gasteiger partial charge is 0.419 e. The molecule has 0 radical (unpaired) electrons. The van der Waals surface area contributed by atoms with Crippen molar-refractivity contribution in [3.8, 4) is 0 Å². The summed E-state index contributed by atoms with van der Waals surface area (Å²) in [6.07, 6.45) is 1.21. The summed E-state index contributed by atoms with van der Waals surface area (Å²) in [6, 6.07) is 2.11. The minimum Gasteiger partial charge on any atom is -0.462 e. The lowest BCUT2D eigenvalue weighted by molar-refractivity contribution is -0.140. The Morgan fingerprint density at radius 2 is 1.73 bits per heavy atom. The molecule has 22 heavy (non-hydrogen) atoms. The number of hydrogen-bond donors (Lipinski definition) is 0. The zero-order valence-corrected chi connectivity index (χ0v) is 12.5. The van der Waals surface area contributed by atoms with Crippen molar-refractivity contribution in [2.24, 2.45) is 0 Å². The van der Waals surface area contributed by atoms with Gasteiger partial charge in [0, 0.05) is 0 Å². The highest BCUT2D eigenvalue weighted by molar-refractivity contribution is 5.89. The third-order valence-corrected chi connectivity index (χ3v) is 3.24. The fraction of sp³-hybridized carbons (Fsp3) is 0.562. The van der Waals surface area contributed by atoms with Crippen LogP contribution in [0.15, 0.2) is 18.2 Å². The Labute approximate surface area is 127 Å². The van der Waals surface area contributed by atoms with Crippen LogP contribution in [0.3, 0.4) is 0 Å². The number of rotatable bonds is 8. The number of ether oxygens (including phenoxy) is 1. The molecule has 0 unspecified atom stereocenters. The molecule has 0 bridgehead atoms. The summed E-state index contributed by atoms with van der Waals surface area (Å²) in [6.45, 7) is 2.27. The molecule has 0 aliphatic rings. The van der Waals surface area contributed by atoms with E-state index >= 15 is 0 Å². The van der Waals surface area contributed by atoms with Crippen molar-refractivity contribution < 1.29 is 27.1 Å². The predicted molar refractivity (Wildman–Crippen MR) is 75.1 cm³/mol. The van der Waals surface area contributed by atoms with Crippen molar-refractivity contribution in [3.63, 3.8) is 0 Å². The Bertz CT molecular complexity index is 484. The monoisotopic (exact) mass is 320 g/mol. The van der Waals surface area contributed by atoms with E-state index < -0.39 is 23.5 Å². The van der Waals surface area contributed by atoms with E-state index in [4.69, 9.17) is 4.74 Å². The molecule has 0 atom stereocenters. The Kier molecular flexibility index (Phi) is 7.35. The van der Waals surface area contributed by atoms with E-state index in [2.05, 4.69) is 6.92 Å². The van der Waals surface area contributed by atoms with Crippen LogP contribution in [0.1, 0.15) is 61.4 Å². The van der Waals surface area contributed by atoms with Gasteiger partial charge in [-0.2, -0.15) is 13.2 Å². The average Bonchev–Trinajstić information content (AvgIpc) is 2.45. The Hall–Kier alpha value is -1.59. The van der Waals surface area contributed by atoms with E-state index in [0.29, 0.717) is 18.6 Å². The molecule has 0 fully saturated rings.